The quantitative estimate of drug-likeness (QED) is 0.790. The molecule has 1 unspecified atom stereocenters. The average molecular weight is 252 g/mol. The molecule has 92 valence electrons. The highest BCUT2D eigenvalue weighted by Gasteiger charge is 2.09. The molecular weight excluding hydrogens is 234 g/mol. The monoisotopic (exact) mass is 251 g/mol. The van der Waals surface area contributed by atoms with E-state index in [1.54, 1.807) is 0 Å². The fraction of sp³-hybridized carbons (Fsp3) is 0.462. The minimum absolute atomic E-state index is 0.282. The third kappa shape index (κ3) is 5.18. The highest BCUT2D eigenvalue weighted by Crippen LogP contribution is 2.17. The molecule has 4 heteroatoms. The minimum Gasteiger partial charge on any atom is -0.309 e. The number of rotatable bonds is 6. The smallest absolute Gasteiger partial charge is 0.121 e. The number of hydrogen-bond acceptors (Lipinski definition) is 3. The van der Waals surface area contributed by atoms with Crippen molar-refractivity contribution in [2.24, 2.45) is 0 Å². The highest BCUT2D eigenvalue weighted by molar-refractivity contribution is 6.30. The van der Waals surface area contributed by atoms with Gasteiger partial charge in [0.2, 0.25) is 0 Å². The molecular formula is C13H18ClN3. The van der Waals surface area contributed by atoms with Gasteiger partial charge in [0.05, 0.1) is 6.07 Å². The van der Waals surface area contributed by atoms with E-state index in [2.05, 4.69) is 16.3 Å². The summed E-state index contributed by atoms with van der Waals surface area (Å²) in [6, 6.07) is 9.39. The largest absolute Gasteiger partial charge is 0.309 e. The summed E-state index contributed by atoms with van der Waals surface area (Å²) in [5.41, 5.74) is 0.921. The van der Waals surface area contributed by atoms with Crippen LogP contribution in [0.3, 0.4) is 0 Å². The third-order valence-electron chi connectivity index (χ3n) is 2.44. The van der Waals surface area contributed by atoms with E-state index in [-0.39, 0.29) is 6.04 Å². The molecule has 0 spiro atoms. The Morgan fingerprint density at radius 1 is 1.47 bits per heavy atom. The molecule has 0 saturated heterocycles. The molecule has 0 aliphatic heterocycles. The first-order valence-electron chi connectivity index (χ1n) is 5.66. The summed E-state index contributed by atoms with van der Waals surface area (Å²) < 4.78 is 0. The van der Waals surface area contributed by atoms with Crippen LogP contribution < -0.4 is 5.32 Å². The molecule has 1 atom stereocenters. The molecule has 1 aromatic rings. The molecule has 1 rings (SSSR count). The summed E-state index contributed by atoms with van der Waals surface area (Å²) >= 11 is 5.90. The van der Waals surface area contributed by atoms with Gasteiger partial charge in [0.1, 0.15) is 6.04 Å². The first kappa shape index (κ1) is 14.0. The maximum atomic E-state index is 9.11. The molecule has 3 nitrogen and oxygen atoms in total. The summed E-state index contributed by atoms with van der Waals surface area (Å²) in [5, 5.41) is 13.0. The van der Waals surface area contributed by atoms with E-state index in [4.69, 9.17) is 16.9 Å². The van der Waals surface area contributed by atoms with Crippen LogP contribution in [0.1, 0.15) is 18.0 Å². The van der Waals surface area contributed by atoms with Gasteiger partial charge in [0, 0.05) is 5.02 Å². The number of benzene rings is 1. The van der Waals surface area contributed by atoms with Gasteiger partial charge in [0.15, 0.2) is 0 Å². The molecule has 0 radical (unpaired) electrons. The van der Waals surface area contributed by atoms with E-state index < -0.39 is 0 Å². The van der Waals surface area contributed by atoms with Gasteiger partial charge < -0.3 is 4.90 Å². The molecule has 0 aromatic heterocycles. The Morgan fingerprint density at radius 2 is 2.24 bits per heavy atom. The Hall–Kier alpha value is -1.08. The van der Waals surface area contributed by atoms with Crippen LogP contribution in [0.15, 0.2) is 24.3 Å². The van der Waals surface area contributed by atoms with Crippen LogP contribution in [0.4, 0.5) is 0 Å². The van der Waals surface area contributed by atoms with Crippen LogP contribution in [0.2, 0.25) is 5.02 Å². The maximum absolute atomic E-state index is 9.11. The van der Waals surface area contributed by atoms with Gasteiger partial charge in [-0.15, -0.1) is 0 Å². The highest BCUT2D eigenvalue weighted by atomic mass is 35.5. The Morgan fingerprint density at radius 3 is 2.82 bits per heavy atom. The second kappa shape index (κ2) is 7.29. The first-order valence-corrected chi connectivity index (χ1v) is 6.04. The van der Waals surface area contributed by atoms with Crippen molar-refractivity contribution in [1.82, 2.24) is 10.2 Å². The standard InChI is InChI=1S/C13H18ClN3/c1-17(2)8-4-7-16-13(10-15)11-5-3-6-12(14)9-11/h3,5-6,9,13,16H,4,7-8H2,1-2H3. The van der Waals surface area contributed by atoms with Crippen molar-refractivity contribution in [1.29, 1.82) is 5.26 Å². The zero-order valence-electron chi connectivity index (χ0n) is 10.3. The van der Waals surface area contributed by atoms with Crippen molar-refractivity contribution in [2.75, 3.05) is 27.2 Å². The lowest BCUT2D eigenvalue weighted by atomic mass is 10.1. The Balaban J connectivity index is 2.47. The SMILES string of the molecule is CN(C)CCCNC(C#N)c1cccc(Cl)c1. The number of nitrogens with one attached hydrogen (secondary N) is 1. The van der Waals surface area contributed by atoms with Crippen LogP contribution in [-0.2, 0) is 0 Å². The Kier molecular flexibility index (Phi) is 5.99. The van der Waals surface area contributed by atoms with Crippen molar-refractivity contribution in [3.05, 3.63) is 34.9 Å². The lowest BCUT2D eigenvalue weighted by Crippen LogP contribution is -2.24. The first-order chi connectivity index (χ1) is 8.13. The van der Waals surface area contributed by atoms with Gasteiger partial charge in [-0.2, -0.15) is 5.26 Å². The molecule has 0 heterocycles. The van der Waals surface area contributed by atoms with Crippen molar-refractivity contribution >= 4 is 11.6 Å². The molecule has 0 aliphatic carbocycles. The summed E-state index contributed by atoms with van der Waals surface area (Å²) in [7, 11) is 4.08. The molecule has 0 saturated carbocycles. The maximum Gasteiger partial charge on any atom is 0.121 e. The number of nitrogens with zero attached hydrogens (tertiary/aromatic N) is 2. The lowest BCUT2D eigenvalue weighted by molar-refractivity contribution is 0.392. The molecule has 17 heavy (non-hydrogen) atoms. The third-order valence-corrected chi connectivity index (χ3v) is 2.68. The second-order valence-corrected chi connectivity index (χ2v) is 4.66. The Bertz CT molecular complexity index is 384. The summed E-state index contributed by atoms with van der Waals surface area (Å²) in [5.74, 6) is 0. The molecule has 0 bridgehead atoms. The summed E-state index contributed by atoms with van der Waals surface area (Å²) in [4.78, 5) is 2.13. The average Bonchev–Trinajstić information content (AvgIpc) is 2.29. The van der Waals surface area contributed by atoms with Crippen molar-refractivity contribution in [2.45, 2.75) is 12.5 Å². The zero-order valence-corrected chi connectivity index (χ0v) is 11.0. The van der Waals surface area contributed by atoms with Crippen LogP contribution in [-0.4, -0.2) is 32.1 Å². The summed E-state index contributed by atoms with van der Waals surface area (Å²) in [6.07, 6.45) is 1.02. The summed E-state index contributed by atoms with van der Waals surface area (Å²) in [6.45, 7) is 1.84. The van der Waals surface area contributed by atoms with E-state index in [1.165, 1.54) is 0 Å². The number of nitriles is 1. The fourth-order valence-corrected chi connectivity index (χ4v) is 1.76. The van der Waals surface area contributed by atoms with E-state index in [1.807, 2.05) is 38.4 Å². The lowest BCUT2D eigenvalue weighted by Gasteiger charge is -2.13. The minimum atomic E-state index is -0.282. The molecule has 0 aliphatic rings. The van der Waals surface area contributed by atoms with Gasteiger partial charge in [-0.1, -0.05) is 23.7 Å². The van der Waals surface area contributed by atoms with E-state index in [0.717, 1.165) is 25.1 Å². The van der Waals surface area contributed by atoms with Gasteiger partial charge in [-0.25, -0.2) is 0 Å². The molecule has 0 fully saturated rings. The topological polar surface area (TPSA) is 39.1 Å². The second-order valence-electron chi connectivity index (χ2n) is 4.23. The van der Waals surface area contributed by atoms with Crippen LogP contribution in [0, 0.1) is 11.3 Å². The van der Waals surface area contributed by atoms with E-state index >= 15 is 0 Å². The van der Waals surface area contributed by atoms with Gasteiger partial charge in [-0.05, 0) is 51.3 Å². The fourth-order valence-electron chi connectivity index (χ4n) is 1.57. The Labute approximate surface area is 108 Å². The molecule has 1 N–H and O–H groups in total. The van der Waals surface area contributed by atoms with Crippen molar-refractivity contribution < 1.29 is 0 Å². The number of hydrogen-bond donors (Lipinski definition) is 1. The van der Waals surface area contributed by atoms with Crippen LogP contribution in [0.25, 0.3) is 0 Å². The predicted molar refractivity (Wildman–Crippen MR) is 71.0 cm³/mol. The predicted octanol–water partition coefficient (Wildman–Crippen LogP) is 2.45. The molecule has 0 amide bonds. The molecule has 1 aromatic carbocycles. The van der Waals surface area contributed by atoms with Gasteiger partial charge in [-0.3, -0.25) is 5.32 Å². The van der Waals surface area contributed by atoms with Gasteiger partial charge >= 0.3 is 0 Å². The van der Waals surface area contributed by atoms with Crippen LogP contribution in [0.5, 0.6) is 0 Å². The van der Waals surface area contributed by atoms with Crippen molar-refractivity contribution in [3.8, 4) is 6.07 Å². The van der Waals surface area contributed by atoms with E-state index in [0.29, 0.717) is 5.02 Å². The van der Waals surface area contributed by atoms with Crippen molar-refractivity contribution in [3.63, 3.8) is 0 Å². The van der Waals surface area contributed by atoms with E-state index in [9.17, 15) is 0 Å². The number of halogens is 1. The normalized spacial score (nSPS) is 12.4. The van der Waals surface area contributed by atoms with Crippen LogP contribution >= 0.6 is 11.6 Å². The zero-order chi connectivity index (χ0) is 12.7. The van der Waals surface area contributed by atoms with Gasteiger partial charge in [0.25, 0.3) is 0 Å².